The number of sulfonamides is 1. The minimum Gasteiger partial charge on any atom is -0.493 e. The lowest BCUT2D eigenvalue weighted by molar-refractivity contribution is -0.119. The number of amides is 3. The number of rotatable bonds is 10. The van der Waals surface area contributed by atoms with Gasteiger partial charge < -0.3 is 15.0 Å². The van der Waals surface area contributed by atoms with Gasteiger partial charge in [0.15, 0.2) is 0 Å². The smallest absolute Gasteiger partial charge is 0.326 e. The van der Waals surface area contributed by atoms with E-state index in [0.717, 1.165) is 24.0 Å². The Morgan fingerprint density at radius 2 is 1.46 bits per heavy atom. The van der Waals surface area contributed by atoms with Crippen LogP contribution in [-0.2, 0) is 25.9 Å². The summed E-state index contributed by atoms with van der Waals surface area (Å²) in [4.78, 5) is 38.0. The van der Waals surface area contributed by atoms with E-state index < -0.39 is 21.1 Å². The van der Waals surface area contributed by atoms with Crippen LogP contribution in [0.2, 0.25) is 10.0 Å². The highest BCUT2D eigenvalue weighted by molar-refractivity contribution is 7.89. The van der Waals surface area contributed by atoms with E-state index in [4.69, 9.17) is 32.9 Å². The highest BCUT2D eigenvalue weighted by Gasteiger charge is 2.60. The summed E-state index contributed by atoms with van der Waals surface area (Å²) < 4.78 is 35.1. The summed E-state index contributed by atoms with van der Waals surface area (Å²) >= 11 is 12.8. The van der Waals surface area contributed by atoms with Crippen molar-refractivity contribution in [2.24, 2.45) is 4.99 Å². The zero-order chi connectivity index (χ0) is 37.3. The van der Waals surface area contributed by atoms with Gasteiger partial charge in [-0.3, -0.25) is 19.6 Å². The predicted octanol–water partition coefficient (Wildman–Crippen LogP) is 5.94. The first kappa shape index (κ1) is 38.1. The summed E-state index contributed by atoms with van der Waals surface area (Å²) in [7, 11) is -3.75. The van der Waals surface area contributed by atoms with Crippen LogP contribution in [0.1, 0.15) is 57.2 Å². The molecule has 0 bridgehead atoms. The van der Waals surface area contributed by atoms with Crippen LogP contribution in [0.3, 0.4) is 0 Å². The van der Waals surface area contributed by atoms with Gasteiger partial charge in [0.1, 0.15) is 22.7 Å². The van der Waals surface area contributed by atoms with E-state index >= 15 is 4.79 Å². The lowest BCUT2D eigenvalue weighted by Crippen LogP contribution is -2.61. The van der Waals surface area contributed by atoms with Crippen LogP contribution in [0.15, 0.2) is 76.6 Å². The summed E-state index contributed by atoms with van der Waals surface area (Å²) in [5.41, 5.74) is -0.0232. The number of piperazine rings is 1. The Bertz CT molecular complexity index is 1930. The van der Waals surface area contributed by atoms with Gasteiger partial charge in [-0.05, 0) is 81.1 Å². The van der Waals surface area contributed by atoms with Gasteiger partial charge in [-0.2, -0.15) is 4.31 Å². The van der Waals surface area contributed by atoms with E-state index in [1.807, 2.05) is 74.2 Å². The fourth-order valence-electron chi connectivity index (χ4n) is 7.46. The lowest BCUT2D eigenvalue weighted by atomic mass is 9.71. The first-order valence-corrected chi connectivity index (χ1v) is 19.9. The van der Waals surface area contributed by atoms with Crippen molar-refractivity contribution in [2.45, 2.75) is 56.5 Å². The van der Waals surface area contributed by atoms with E-state index in [1.165, 1.54) is 11.2 Å². The zero-order valence-electron chi connectivity index (χ0n) is 30.1. The molecule has 2 fully saturated rings. The van der Waals surface area contributed by atoms with Gasteiger partial charge in [0.25, 0.3) is 0 Å². The SMILES string of the molecule is CCOc1cc(S(=O)(=O)N2CCCC2)ccc1C1=N[C@@](C)(c2ccc(Cl)cc2)[C@@](C)(c2ccc(Cl)cc2)N1C(=O)N1CCN(CCNC(C)=O)CC1. The molecule has 3 aromatic carbocycles. The van der Waals surface area contributed by atoms with Crippen LogP contribution in [0.5, 0.6) is 5.75 Å². The molecule has 52 heavy (non-hydrogen) atoms. The Morgan fingerprint density at radius 1 is 0.865 bits per heavy atom. The van der Waals surface area contributed by atoms with Crippen molar-refractivity contribution in [2.75, 3.05) is 59.0 Å². The van der Waals surface area contributed by atoms with Crippen molar-refractivity contribution in [3.63, 3.8) is 0 Å². The van der Waals surface area contributed by atoms with E-state index in [-0.39, 0.29) is 23.4 Å². The van der Waals surface area contributed by atoms with Crippen LogP contribution >= 0.6 is 23.2 Å². The molecule has 0 radical (unpaired) electrons. The van der Waals surface area contributed by atoms with Crippen molar-refractivity contribution in [1.82, 2.24) is 24.3 Å². The number of ether oxygens (including phenoxy) is 1. The molecule has 278 valence electrons. The Morgan fingerprint density at radius 3 is 2.04 bits per heavy atom. The second-order valence-electron chi connectivity index (χ2n) is 13.7. The van der Waals surface area contributed by atoms with Gasteiger partial charge in [0.05, 0.1) is 17.1 Å². The number of amidine groups is 1. The average molecular weight is 770 g/mol. The molecule has 3 amide bonds. The number of hydrogen-bond donors (Lipinski definition) is 1. The Hall–Kier alpha value is -3.68. The third-order valence-corrected chi connectivity index (χ3v) is 13.0. The van der Waals surface area contributed by atoms with Gasteiger partial charge in [0, 0.05) is 75.4 Å². The minimum absolute atomic E-state index is 0.0759. The quantitative estimate of drug-likeness (QED) is 0.273. The highest BCUT2D eigenvalue weighted by atomic mass is 35.5. The van der Waals surface area contributed by atoms with Crippen LogP contribution in [-0.4, -0.2) is 104 Å². The van der Waals surface area contributed by atoms with Crippen LogP contribution in [0.25, 0.3) is 0 Å². The lowest BCUT2D eigenvalue weighted by Gasteiger charge is -2.47. The topological polar surface area (TPSA) is 115 Å². The second kappa shape index (κ2) is 15.4. The highest BCUT2D eigenvalue weighted by Crippen LogP contribution is 2.54. The van der Waals surface area contributed by atoms with Gasteiger partial charge in [0.2, 0.25) is 15.9 Å². The number of carbonyl (C=O) groups is 2. The number of hydrogen-bond acceptors (Lipinski definition) is 7. The van der Waals surface area contributed by atoms with Gasteiger partial charge in [-0.25, -0.2) is 13.2 Å². The number of aliphatic imine (C=N–C) groups is 1. The molecule has 3 aliphatic rings. The molecule has 14 heteroatoms. The van der Waals surface area contributed by atoms with Crippen molar-refractivity contribution < 1.29 is 22.7 Å². The molecule has 0 aliphatic carbocycles. The Labute approximate surface area is 316 Å². The summed E-state index contributed by atoms with van der Waals surface area (Å²) in [5, 5.41) is 3.97. The van der Waals surface area contributed by atoms with E-state index in [2.05, 4.69) is 10.2 Å². The fraction of sp³-hybridized carbons (Fsp3) is 0.447. The molecule has 3 aromatic rings. The number of urea groups is 1. The first-order chi connectivity index (χ1) is 24.8. The van der Waals surface area contributed by atoms with Crippen molar-refractivity contribution in [1.29, 1.82) is 0 Å². The molecule has 0 unspecified atom stereocenters. The second-order valence-corrected chi connectivity index (χ2v) is 16.5. The summed E-state index contributed by atoms with van der Waals surface area (Å²) in [5.74, 6) is 0.607. The van der Waals surface area contributed by atoms with Gasteiger partial charge in [-0.1, -0.05) is 47.5 Å². The first-order valence-electron chi connectivity index (χ1n) is 17.7. The molecule has 2 atom stereocenters. The molecule has 1 N–H and O–H groups in total. The number of nitrogens with zero attached hydrogens (tertiary/aromatic N) is 5. The Balaban J connectivity index is 1.49. The average Bonchev–Trinajstić information content (AvgIpc) is 3.76. The molecule has 0 aromatic heterocycles. The molecular formula is C38H46Cl2N6O5S. The third-order valence-electron chi connectivity index (χ3n) is 10.6. The zero-order valence-corrected chi connectivity index (χ0v) is 32.4. The number of nitrogens with one attached hydrogen (secondary N) is 1. The summed E-state index contributed by atoms with van der Waals surface area (Å²) in [6, 6.07) is 19.5. The number of halogens is 2. The molecule has 0 saturated carbocycles. The van der Waals surface area contributed by atoms with Crippen LogP contribution < -0.4 is 10.1 Å². The summed E-state index contributed by atoms with van der Waals surface area (Å²) in [6.45, 7) is 12.0. The monoisotopic (exact) mass is 768 g/mol. The van der Waals surface area contributed by atoms with E-state index in [9.17, 15) is 13.2 Å². The molecule has 6 rings (SSSR count). The van der Waals surface area contributed by atoms with Crippen molar-refractivity contribution in [3.8, 4) is 5.75 Å². The molecule has 2 saturated heterocycles. The van der Waals surface area contributed by atoms with Crippen molar-refractivity contribution >= 4 is 51.0 Å². The Kier molecular flexibility index (Phi) is 11.2. The third kappa shape index (κ3) is 7.15. The van der Waals surface area contributed by atoms with Crippen molar-refractivity contribution in [3.05, 3.63) is 93.5 Å². The number of benzene rings is 3. The van der Waals surface area contributed by atoms with Gasteiger partial charge in [-0.15, -0.1) is 0 Å². The molecule has 11 nitrogen and oxygen atoms in total. The maximum Gasteiger partial charge on any atom is 0.326 e. The molecule has 3 heterocycles. The van der Waals surface area contributed by atoms with Gasteiger partial charge >= 0.3 is 6.03 Å². The largest absolute Gasteiger partial charge is 0.493 e. The normalized spacial score (nSPS) is 22.8. The molecule has 0 spiro atoms. The van der Waals surface area contributed by atoms with Crippen LogP contribution in [0, 0.1) is 0 Å². The number of carbonyl (C=O) groups excluding carboxylic acids is 2. The molecular weight excluding hydrogens is 723 g/mol. The van der Waals surface area contributed by atoms with E-state index in [1.54, 1.807) is 23.1 Å². The fourth-order valence-corrected chi connectivity index (χ4v) is 9.25. The summed E-state index contributed by atoms with van der Waals surface area (Å²) in [6.07, 6.45) is 1.64. The molecule has 3 aliphatic heterocycles. The minimum atomic E-state index is -3.75. The predicted molar refractivity (Wildman–Crippen MR) is 204 cm³/mol. The standard InChI is InChI=1S/C38H46Cl2N6O5S/c1-5-51-34-26-32(52(49,50)45-19-6-7-20-45)16-17-33(34)35-42-37(3,28-8-12-30(39)13-9-28)38(4,29-10-14-31(40)15-11-29)46(35)36(48)44-24-22-43(23-25-44)21-18-41-27(2)47/h8-17,26H,5-7,18-25H2,1-4H3,(H,41,47)/t37-,38+/m0/s1. The maximum absolute atomic E-state index is 15.2. The maximum atomic E-state index is 15.2. The van der Waals surface area contributed by atoms with E-state index in [0.29, 0.717) is 79.6 Å². The van der Waals surface area contributed by atoms with Crippen LogP contribution in [0.4, 0.5) is 4.79 Å².